The number of hydrogen-bond donors (Lipinski definition) is 1. The van der Waals surface area contributed by atoms with Gasteiger partial charge in [0.15, 0.2) is 0 Å². The number of aromatic carboxylic acids is 1. The Balaban J connectivity index is 1.66. The van der Waals surface area contributed by atoms with Crippen LogP contribution < -0.4 is 0 Å². The molecule has 0 aromatic heterocycles. The molecule has 0 unspecified atom stereocenters. The fourth-order valence-electron chi connectivity index (χ4n) is 3.69. The summed E-state index contributed by atoms with van der Waals surface area (Å²) in [4.78, 5) is 13.8. The molecule has 26 heavy (non-hydrogen) atoms. The lowest BCUT2D eigenvalue weighted by Crippen LogP contribution is -2.30. The minimum Gasteiger partial charge on any atom is -0.478 e. The van der Waals surface area contributed by atoms with Gasteiger partial charge in [0.25, 0.3) is 0 Å². The van der Waals surface area contributed by atoms with Crippen LogP contribution >= 0.6 is 0 Å². The van der Waals surface area contributed by atoms with Crippen LogP contribution in [-0.2, 0) is 19.5 Å². The van der Waals surface area contributed by atoms with Crippen molar-refractivity contribution in [1.82, 2.24) is 4.90 Å². The number of carboxylic acid groups (broad SMARTS) is 1. The molecule has 1 N–H and O–H groups in total. The molecule has 0 aliphatic carbocycles. The number of nitrogens with zero attached hydrogens (tertiary/aromatic N) is 1. The fourth-order valence-corrected chi connectivity index (χ4v) is 3.69. The predicted molar refractivity (Wildman–Crippen MR) is 103 cm³/mol. The summed E-state index contributed by atoms with van der Waals surface area (Å²) in [7, 11) is 0. The van der Waals surface area contributed by atoms with Crippen LogP contribution in [0.25, 0.3) is 11.1 Å². The van der Waals surface area contributed by atoms with Gasteiger partial charge >= 0.3 is 5.97 Å². The third kappa shape index (κ3) is 3.39. The first kappa shape index (κ1) is 16.6. The van der Waals surface area contributed by atoms with Gasteiger partial charge in [-0.25, -0.2) is 4.79 Å². The first-order chi connectivity index (χ1) is 12.7. The van der Waals surface area contributed by atoms with E-state index in [1.165, 1.54) is 11.1 Å². The lowest BCUT2D eigenvalue weighted by atomic mass is 9.95. The zero-order chi connectivity index (χ0) is 17.9. The summed E-state index contributed by atoms with van der Waals surface area (Å²) in [6.45, 7) is 2.64. The summed E-state index contributed by atoms with van der Waals surface area (Å²) < 4.78 is 0. The van der Waals surface area contributed by atoms with Gasteiger partial charge in [-0.2, -0.15) is 0 Å². The molecule has 0 spiro atoms. The molecular weight excluding hydrogens is 322 g/mol. The number of carboxylic acids is 1. The molecule has 3 heteroatoms. The van der Waals surface area contributed by atoms with Gasteiger partial charge in [-0.1, -0.05) is 60.7 Å². The van der Waals surface area contributed by atoms with Gasteiger partial charge in [-0.15, -0.1) is 0 Å². The Kier molecular flexibility index (Phi) is 4.55. The van der Waals surface area contributed by atoms with Gasteiger partial charge in [-0.3, -0.25) is 4.90 Å². The zero-order valence-electron chi connectivity index (χ0n) is 14.6. The van der Waals surface area contributed by atoms with Gasteiger partial charge in [-0.05, 0) is 46.4 Å². The average Bonchev–Trinajstić information content (AvgIpc) is 2.68. The molecule has 0 radical (unpaired) electrons. The molecule has 130 valence electrons. The Labute approximate surface area is 153 Å². The maximum Gasteiger partial charge on any atom is 0.335 e. The van der Waals surface area contributed by atoms with Gasteiger partial charge in [0, 0.05) is 19.6 Å². The molecule has 3 aromatic rings. The molecule has 0 fully saturated rings. The SMILES string of the molecule is O=C(O)c1ccc(-c2ccccc2)c(CN2CCc3ccccc3C2)c1. The molecule has 0 atom stereocenters. The summed E-state index contributed by atoms with van der Waals surface area (Å²) in [6, 6.07) is 24.2. The first-order valence-corrected chi connectivity index (χ1v) is 8.91. The summed E-state index contributed by atoms with van der Waals surface area (Å²) in [5, 5.41) is 9.39. The van der Waals surface area contributed by atoms with Crippen molar-refractivity contribution >= 4 is 5.97 Å². The van der Waals surface area contributed by atoms with Crippen molar-refractivity contribution in [3.63, 3.8) is 0 Å². The summed E-state index contributed by atoms with van der Waals surface area (Å²) in [5.74, 6) is -0.880. The van der Waals surface area contributed by atoms with Crippen molar-refractivity contribution in [2.75, 3.05) is 6.54 Å². The average molecular weight is 343 g/mol. The lowest BCUT2D eigenvalue weighted by molar-refractivity contribution is 0.0696. The largest absolute Gasteiger partial charge is 0.478 e. The summed E-state index contributed by atoms with van der Waals surface area (Å²) in [6.07, 6.45) is 1.04. The van der Waals surface area contributed by atoms with Gasteiger partial charge in [0.1, 0.15) is 0 Å². The predicted octanol–water partition coefficient (Wildman–Crippen LogP) is 4.61. The quantitative estimate of drug-likeness (QED) is 0.752. The van der Waals surface area contributed by atoms with Crippen LogP contribution in [0.15, 0.2) is 72.8 Å². The second-order valence-corrected chi connectivity index (χ2v) is 6.77. The van der Waals surface area contributed by atoms with Gasteiger partial charge in [0.2, 0.25) is 0 Å². The van der Waals surface area contributed by atoms with E-state index in [4.69, 9.17) is 0 Å². The maximum absolute atomic E-state index is 11.4. The molecule has 1 aliphatic heterocycles. The highest BCUT2D eigenvalue weighted by molar-refractivity contribution is 5.89. The Hall–Kier alpha value is -2.91. The number of carbonyl (C=O) groups is 1. The Morgan fingerprint density at radius 1 is 0.923 bits per heavy atom. The molecule has 1 heterocycles. The second-order valence-electron chi connectivity index (χ2n) is 6.77. The minimum absolute atomic E-state index is 0.345. The van der Waals surface area contributed by atoms with Crippen molar-refractivity contribution < 1.29 is 9.90 Å². The van der Waals surface area contributed by atoms with E-state index in [1.54, 1.807) is 6.07 Å². The van der Waals surface area contributed by atoms with E-state index in [2.05, 4.69) is 41.3 Å². The van der Waals surface area contributed by atoms with Crippen LogP contribution in [0.1, 0.15) is 27.0 Å². The Morgan fingerprint density at radius 3 is 2.42 bits per heavy atom. The highest BCUT2D eigenvalue weighted by Crippen LogP contribution is 2.28. The summed E-state index contributed by atoms with van der Waals surface area (Å²) in [5.41, 5.74) is 6.43. The van der Waals surface area contributed by atoms with Crippen LogP contribution in [0.5, 0.6) is 0 Å². The topological polar surface area (TPSA) is 40.5 Å². The van der Waals surface area contributed by atoms with Crippen molar-refractivity contribution in [3.05, 3.63) is 95.1 Å². The van der Waals surface area contributed by atoms with E-state index in [1.807, 2.05) is 30.3 Å². The normalized spacial score (nSPS) is 14.0. The van der Waals surface area contributed by atoms with Gasteiger partial charge in [0.05, 0.1) is 5.56 Å². The van der Waals surface area contributed by atoms with Crippen molar-refractivity contribution in [1.29, 1.82) is 0 Å². The molecule has 3 aromatic carbocycles. The van der Waals surface area contributed by atoms with Crippen molar-refractivity contribution in [3.8, 4) is 11.1 Å². The van der Waals surface area contributed by atoms with Crippen LogP contribution in [0.3, 0.4) is 0 Å². The molecule has 0 amide bonds. The van der Waals surface area contributed by atoms with E-state index >= 15 is 0 Å². The van der Waals surface area contributed by atoms with Crippen LogP contribution in [-0.4, -0.2) is 22.5 Å². The molecular formula is C23H21NO2. The van der Waals surface area contributed by atoms with Crippen molar-refractivity contribution in [2.45, 2.75) is 19.5 Å². The highest BCUT2D eigenvalue weighted by Gasteiger charge is 2.18. The Morgan fingerprint density at radius 2 is 1.65 bits per heavy atom. The first-order valence-electron chi connectivity index (χ1n) is 8.91. The fraction of sp³-hybridized carbons (Fsp3) is 0.174. The smallest absolute Gasteiger partial charge is 0.335 e. The molecule has 0 saturated heterocycles. The van der Waals surface area contributed by atoms with E-state index in [-0.39, 0.29) is 0 Å². The summed E-state index contributed by atoms with van der Waals surface area (Å²) >= 11 is 0. The minimum atomic E-state index is -0.880. The number of benzene rings is 3. The van der Waals surface area contributed by atoms with E-state index in [0.717, 1.165) is 42.7 Å². The van der Waals surface area contributed by atoms with E-state index in [0.29, 0.717) is 5.56 Å². The van der Waals surface area contributed by atoms with Crippen LogP contribution in [0.2, 0.25) is 0 Å². The monoisotopic (exact) mass is 343 g/mol. The molecule has 0 bridgehead atoms. The molecule has 0 saturated carbocycles. The second kappa shape index (κ2) is 7.14. The third-order valence-corrected chi connectivity index (χ3v) is 5.04. The standard InChI is InChI=1S/C23H21NO2/c25-23(26)19-10-11-22(18-7-2-1-3-8-18)21(14-19)16-24-13-12-17-6-4-5-9-20(17)15-24/h1-11,14H,12-13,15-16H2,(H,25,26). The number of rotatable bonds is 4. The lowest BCUT2D eigenvalue weighted by Gasteiger charge is -2.29. The highest BCUT2D eigenvalue weighted by atomic mass is 16.4. The zero-order valence-corrected chi connectivity index (χ0v) is 14.6. The number of hydrogen-bond acceptors (Lipinski definition) is 2. The Bertz CT molecular complexity index is 934. The van der Waals surface area contributed by atoms with E-state index in [9.17, 15) is 9.90 Å². The van der Waals surface area contributed by atoms with Gasteiger partial charge < -0.3 is 5.11 Å². The van der Waals surface area contributed by atoms with Crippen molar-refractivity contribution in [2.24, 2.45) is 0 Å². The van der Waals surface area contributed by atoms with Crippen LogP contribution in [0, 0.1) is 0 Å². The molecule has 4 rings (SSSR count). The van der Waals surface area contributed by atoms with E-state index < -0.39 is 5.97 Å². The molecule has 3 nitrogen and oxygen atoms in total. The van der Waals surface area contributed by atoms with Crippen LogP contribution in [0.4, 0.5) is 0 Å². The number of fused-ring (bicyclic) bond motifs is 1. The molecule has 1 aliphatic rings. The third-order valence-electron chi connectivity index (χ3n) is 5.04. The maximum atomic E-state index is 11.4.